The molecule has 31 heavy (non-hydrogen) atoms. The topological polar surface area (TPSA) is 76.3 Å². The van der Waals surface area contributed by atoms with Crippen molar-refractivity contribution in [3.63, 3.8) is 0 Å². The predicted octanol–water partition coefficient (Wildman–Crippen LogP) is 5.06. The quantitative estimate of drug-likeness (QED) is 0.431. The number of rotatable bonds is 3. The summed E-state index contributed by atoms with van der Waals surface area (Å²) in [4.78, 5) is 28.3. The van der Waals surface area contributed by atoms with Gasteiger partial charge < -0.3 is 4.42 Å². The molecule has 3 heterocycles. The minimum Gasteiger partial charge on any atom is -0.450 e. The third-order valence-corrected chi connectivity index (χ3v) is 6.75. The molecule has 0 spiro atoms. The second-order valence-corrected chi connectivity index (χ2v) is 8.68. The molecular formula is C22H15ClFN3O3S. The molecule has 4 aromatic rings. The van der Waals surface area contributed by atoms with Crippen molar-refractivity contribution in [2.45, 2.75) is 26.3 Å². The average molecular weight is 456 g/mol. The Morgan fingerprint density at radius 2 is 2.03 bits per heavy atom. The Morgan fingerprint density at radius 1 is 1.23 bits per heavy atom. The zero-order valence-electron chi connectivity index (χ0n) is 16.5. The van der Waals surface area contributed by atoms with E-state index < -0.39 is 17.8 Å². The fraction of sp³-hybridized carbons (Fsp3) is 0.182. The summed E-state index contributed by atoms with van der Waals surface area (Å²) < 4.78 is 20.0. The minimum absolute atomic E-state index is 0.0817. The summed E-state index contributed by atoms with van der Waals surface area (Å²) in [5.41, 5.74) is 1.17. The van der Waals surface area contributed by atoms with Gasteiger partial charge in [0.1, 0.15) is 16.4 Å². The Hall–Kier alpha value is -3.10. The molecule has 0 saturated heterocycles. The highest BCUT2D eigenvalue weighted by atomic mass is 35.5. The van der Waals surface area contributed by atoms with Crippen molar-refractivity contribution in [1.82, 2.24) is 10.2 Å². The van der Waals surface area contributed by atoms with Crippen LogP contribution in [0.2, 0.25) is 5.02 Å². The fourth-order valence-corrected chi connectivity index (χ4v) is 4.74. The number of carbonyl (C=O) groups is 1. The summed E-state index contributed by atoms with van der Waals surface area (Å²) in [5.74, 6) is -1.08. The van der Waals surface area contributed by atoms with E-state index in [0.29, 0.717) is 22.1 Å². The molecule has 2 aromatic heterocycles. The number of aromatic nitrogens is 2. The van der Waals surface area contributed by atoms with E-state index in [-0.39, 0.29) is 27.7 Å². The van der Waals surface area contributed by atoms with Gasteiger partial charge in [0.15, 0.2) is 5.43 Å². The van der Waals surface area contributed by atoms with Gasteiger partial charge in [-0.2, -0.15) is 0 Å². The maximum atomic E-state index is 14.1. The normalized spacial score (nSPS) is 15.7. The zero-order chi connectivity index (χ0) is 21.9. The molecular weight excluding hydrogens is 441 g/mol. The van der Waals surface area contributed by atoms with E-state index >= 15 is 0 Å². The summed E-state index contributed by atoms with van der Waals surface area (Å²) in [6, 6.07) is 8.07. The van der Waals surface area contributed by atoms with E-state index in [4.69, 9.17) is 16.0 Å². The first-order chi connectivity index (χ1) is 14.9. The lowest BCUT2D eigenvalue weighted by atomic mass is 9.98. The summed E-state index contributed by atoms with van der Waals surface area (Å²) in [6.45, 7) is 3.71. The Kier molecular flexibility index (Phi) is 4.64. The number of halogens is 2. The number of carbonyl (C=O) groups excluding carboxylic acids is 1. The van der Waals surface area contributed by atoms with E-state index in [0.717, 1.165) is 10.6 Å². The van der Waals surface area contributed by atoms with Crippen LogP contribution in [0.15, 0.2) is 45.6 Å². The summed E-state index contributed by atoms with van der Waals surface area (Å²) in [5, 5.41) is 9.98. The number of hydrogen-bond acceptors (Lipinski definition) is 6. The minimum atomic E-state index is -0.892. The van der Waals surface area contributed by atoms with Crippen LogP contribution in [-0.4, -0.2) is 16.1 Å². The van der Waals surface area contributed by atoms with Gasteiger partial charge in [-0.1, -0.05) is 42.0 Å². The van der Waals surface area contributed by atoms with Gasteiger partial charge >= 0.3 is 0 Å². The second kappa shape index (κ2) is 7.25. The molecule has 0 saturated carbocycles. The molecule has 5 rings (SSSR count). The molecule has 2 aromatic carbocycles. The Morgan fingerprint density at radius 3 is 2.74 bits per heavy atom. The first-order valence-corrected chi connectivity index (χ1v) is 10.8. The van der Waals surface area contributed by atoms with Gasteiger partial charge in [-0.3, -0.25) is 14.5 Å². The van der Waals surface area contributed by atoms with Crippen LogP contribution < -0.4 is 10.3 Å². The van der Waals surface area contributed by atoms with Gasteiger partial charge in [-0.15, -0.1) is 10.2 Å². The van der Waals surface area contributed by atoms with Crippen LogP contribution in [0.1, 0.15) is 45.2 Å². The fourth-order valence-electron chi connectivity index (χ4n) is 3.77. The lowest BCUT2D eigenvalue weighted by molar-refractivity contribution is 0.0970. The van der Waals surface area contributed by atoms with Gasteiger partial charge in [0.25, 0.3) is 5.91 Å². The number of amides is 1. The lowest BCUT2D eigenvalue weighted by Gasteiger charge is -2.22. The van der Waals surface area contributed by atoms with Gasteiger partial charge in [0, 0.05) is 5.02 Å². The zero-order valence-corrected chi connectivity index (χ0v) is 18.1. The van der Waals surface area contributed by atoms with E-state index in [1.807, 2.05) is 6.92 Å². The first-order valence-electron chi connectivity index (χ1n) is 9.57. The van der Waals surface area contributed by atoms with Crippen molar-refractivity contribution >= 4 is 44.9 Å². The van der Waals surface area contributed by atoms with E-state index in [1.54, 1.807) is 19.1 Å². The Balaban J connectivity index is 1.82. The van der Waals surface area contributed by atoms with Crippen molar-refractivity contribution < 1.29 is 13.6 Å². The molecule has 0 N–H and O–H groups in total. The van der Waals surface area contributed by atoms with E-state index in [1.165, 1.54) is 40.5 Å². The third kappa shape index (κ3) is 3.05. The number of benzene rings is 2. The number of aryl methyl sites for hydroxylation is 2. The average Bonchev–Trinajstić information content (AvgIpc) is 3.32. The van der Waals surface area contributed by atoms with Gasteiger partial charge in [-0.25, -0.2) is 4.39 Å². The largest absolute Gasteiger partial charge is 0.450 e. The molecule has 0 bridgehead atoms. The molecule has 1 aliphatic heterocycles. The van der Waals surface area contributed by atoms with Gasteiger partial charge in [-0.05, 0) is 48.7 Å². The number of nitrogens with zero attached hydrogens (tertiary/aromatic N) is 3. The van der Waals surface area contributed by atoms with Crippen LogP contribution in [0.5, 0.6) is 0 Å². The van der Waals surface area contributed by atoms with Crippen LogP contribution in [0.25, 0.3) is 11.0 Å². The number of hydrogen-bond donors (Lipinski definition) is 0. The van der Waals surface area contributed by atoms with Gasteiger partial charge in [0.05, 0.1) is 17.0 Å². The first kappa shape index (κ1) is 19.8. The molecule has 156 valence electrons. The van der Waals surface area contributed by atoms with Crippen LogP contribution >= 0.6 is 22.9 Å². The molecule has 0 radical (unpaired) electrons. The summed E-state index contributed by atoms with van der Waals surface area (Å²) in [6.07, 6.45) is 0.649. The molecule has 1 amide bonds. The Labute approximate surface area is 184 Å². The van der Waals surface area contributed by atoms with Crippen molar-refractivity contribution in [3.05, 3.63) is 84.9 Å². The number of fused-ring (bicyclic) bond motifs is 2. The highest BCUT2D eigenvalue weighted by Crippen LogP contribution is 2.42. The summed E-state index contributed by atoms with van der Waals surface area (Å²) in [7, 11) is 0. The van der Waals surface area contributed by atoms with Crippen LogP contribution in [0.4, 0.5) is 9.52 Å². The monoisotopic (exact) mass is 455 g/mol. The maximum absolute atomic E-state index is 14.1. The molecule has 0 fully saturated rings. The van der Waals surface area contributed by atoms with E-state index in [9.17, 15) is 14.0 Å². The molecule has 1 atom stereocenters. The molecule has 9 heteroatoms. The predicted molar refractivity (Wildman–Crippen MR) is 117 cm³/mol. The highest BCUT2D eigenvalue weighted by Gasteiger charge is 2.45. The van der Waals surface area contributed by atoms with Crippen molar-refractivity contribution in [3.8, 4) is 0 Å². The van der Waals surface area contributed by atoms with Crippen LogP contribution in [-0.2, 0) is 6.42 Å². The third-order valence-electron chi connectivity index (χ3n) is 5.28. The van der Waals surface area contributed by atoms with Crippen LogP contribution in [0, 0.1) is 12.7 Å². The van der Waals surface area contributed by atoms with Gasteiger partial charge in [0.2, 0.25) is 10.9 Å². The smallest absolute Gasteiger partial charge is 0.297 e. The highest BCUT2D eigenvalue weighted by molar-refractivity contribution is 7.15. The molecule has 1 aliphatic rings. The maximum Gasteiger partial charge on any atom is 0.297 e. The standard InChI is InChI=1S/C22H15ClFN3O3S/c1-3-16-25-26-22(31-16)27-18(11-5-4-6-12(24)8-11)17-19(28)13-9-14(23)10(2)7-15(13)30-20(17)21(27)29/h4-9,18H,3H2,1-2H3. The van der Waals surface area contributed by atoms with Crippen LogP contribution in [0.3, 0.4) is 0 Å². The molecule has 1 unspecified atom stereocenters. The van der Waals surface area contributed by atoms with E-state index in [2.05, 4.69) is 10.2 Å². The molecule has 0 aliphatic carbocycles. The van der Waals surface area contributed by atoms with Crippen molar-refractivity contribution in [1.29, 1.82) is 0 Å². The molecule has 6 nitrogen and oxygen atoms in total. The number of anilines is 1. The summed E-state index contributed by atoms with van der Waals surface area (Å²) >= 11 is 7.48. The van der Waals surface area contributed by atoms with Crippen molar-refractivity contribution in [2.75, 3.05) is 4.90 Å². The van der Waals surface area contributed by atoms with Crippen molar-refractivity contribution in [2.24, 2.45) is 0 Å². The lowest BCUT2D eigenvalue weighted by Crippen LogP contribution is -2.29. The Bertz CT molecular complexity index is 1430. The SMILES string of the molecule is CCc1nnc(N2C(=O)c3oc4cc(C)c(Cl)cc4c(=O)c3C2c2cccc(F)c2)s1. The second-order valence-electron chi connectivity index (χ2n) is 7.24.